The molecule has 0 saturated heterocycles. The van der Waals surface area contributed by atoms with Crippen molar-refractivity contribution in [2.45, 2.75) is 45.8 Å². The molecule has 0 amide bonds. The summed E-state index contributed by atoms with van der Waals surface area (Å²) in [5, 5.41) is 21.4. The van der Waals surface area contributed by atoms with Crippen LogP contribution in [0.1, 0.15) is 50.8 Å². The van der Waals surface area contributed by atoms with Gasteiger partial charge in [-0.25, -0.2) is 4.79 Å². The Morgan fingerprint density at radius 3 is 2.31 bits per heavy atom. The largest absolute Gasteiger partial charge is 0.481 e. The van der Waals surface area contributed by atoms with Crippen LogP contribution in [-0.4, -0.2) is 40.9 Å². The van der Waals surface area contributed by atoms with Crippen LogP contribution in [0.4, 0.5) is 5.69 Å². The monoisotopic (exact) mass is 494 g/mol. The number of rotatable bonds is 9. The molecule has 0 fully saturated rings. The van der Waals surface area contributed by atoms with Crippen molar-refractivity contribution in [1.29, 1.82) is 0 Å². The van der Waals surface area contributed by atoms with E-state index in [1.54, 1.807) is 19.9 Å². The number of methoxy groups -OCH3 is 1. The van der Waals surface area contributed by atoms with Gasteiger partial charge in [-0.2, -0.15) is 0 Å². The van der Waals surface area contributed by atoms with Gasteiger partial charge in [-0.15, -0.1) is 0 Å². The first-order chi connectivity index (χ1) is 17.1. The van der Waals surface area contributed by atoms with E-state index < -0.39 is 40.9 Å². The molecule has 1 aliphatic rings. The van der Waals surface area contributed by atoms with Gasteiger partial charge in [-0.05, 0) is 30.9 Å². The molecule has 9 nitrogen and oxygen atoms in total. The molecule has 1 heterocycles. The van der Waals surface area contributed by atoms with Crippen molar-refractivity contribution in [2.75, 3.05) is 7.11 Å². The molecule has 9 heteroatoms. The van der Waals surface area contributed by atoms with E-state index in [1.165, 1.54) is 25.3 Å². The minimum absolute atomic E-state index is 0.0575. The lowest BCUT2D eigenvalue weighted by atomic mass is 9.75. The molecule has 0 bridgehead atoms. The summed E-state index contributed by atoms with van der Waals surface area (Å²) in [4.78, 5) is 41.2. The highest BCUT2D eigenvalue weighted by atomic mass is 16.6. The van der Waals surface area contributed by atoms with E-state index >= 15 is 0 Å². The summed E-state index contributed by atoms with van der Waals surface area (Å²) in [6.45, 7) is 6.98. The van der Waals surface area contributed by atoms with Gasteiger partial charge < -0.3 is 14.6 Å². The fourth-order valence-corrected chi connectivity index (χ4v) is 4.65. The van der Waals surface area contributed by atoms with Gasteiger partial charge in [0.2, 0.25) is 0 Å². The zero-order valence-electron chi connectivity index (χ0n) is 20.9. The number of carboxylic acid groups (broad SMARTS) is 1. The minimum Gasteiger partial charge on any atom is -0.481 e. The Morgan fingerprint density at radius 1 is 1.08 bits per heavy atom. The van der Waals surface area contributed by atoms with E-state index in [2.05, 4.69) is 4.99 Å². The number of aliphatic carboxylic acids is 1. The fourth-order valence-electron chi connectivity index (χ4n) is 4.65. The fraction of sp³-hybridized carbons (Fsp3) is 0.370. The summed E-state index contributed by atoms with van der Waals surface area (Å²) < 4.78 is 11.7. The third-order valence-corrected chi connectivity index (χ3v) is 6.34. The molecule has 1 N–H and O–H groups in total. The van der Waals surface area contributed by atoms with E-state index in [0.29, 0.717) is 17.0 Å². The molecule has 3 unspecified atom stereocenters. The van der Waals surface area contributed by atoms with Crippen molar-refractivity contribution in [3.63, 3.8) is 0 Å². The zero-order chi connectivity index (χ0) is 26.6. The molecule has 2 aromatic carbocycles. The number of nitro groups is 1. The summed E-state index contributed by atoms with van der Waals surface area (Å²) in [7, 11) is 1.53. The second-order valence-electron chi connectivity index (χ2n) is 9.08. The number of carbonyl (C=O) groups is 2. The first kappa shape index (κ1) is 26.7. The normalized spacial score (nSPS) is 19.4. The number of hydrogen-bond donors (Lipinski definition) is 1. The van der Waals surface area contributed by atoms with Crippen LogP contribution in [-0.2, 0) is 19.1 Å². The lowest BCUT2D eigenvalue weighted by Gasteiger charge is -2.33. The summed E-state index contributed by atoms with van der Waals surface area (Å²) >= 11 is 0. The second-order valence-corrected chi connectivity index (χ2v) is 9.08. The van der Waals surface area contributed by atoms with Gasteiger partial charge in [0.1, 0.15) is 18.1 Å². The molecule has 2 aromatic rings. The Labute approximate surface area is 209 Å². The second kappa shape index (κ2) is 11.3. The maximum absolute atomic E-state index is 13.7. The van der Waals surface area contributed by atoms with E-state index in [4.69, 9.17) is 9.47 Å². The predicted octanol–water partition coefficient (Wildman–Crippen LogP) is 5.08. The number of allylic oxidation sites excluding steroid dienone is 1. The first-order valence-electron chi connectivity index (χ1n) is 11.6. The highest BCUT2D eigenvalue weighted by Gasteiger charge is 2.43. The molecule has 0 aromatic heterocycles. The topological polar surface area (TPSA) is 128 Å². The Kier molecular flexibility index (Phi) is 8.37. The Bertz CT molecular complexity index is 1200. The van der Waals surface area contributed by atoms with Crippen LogP contribution in [0.25, 0.3) is 0 Å². The summed E-state index contributed by atoms with van der Waals surface area (Å²) in [5.74, 6) is -4.27. The van der Waals surface area contributed by atoms with E-state index in [0.717, 1.165) is 5.56 Å². The molecule has 0 aliphatic carbocycles. The van der Waals surface area contributed by atoms with E-state index in [9.17, 15) is 24.8 Å². The van der Waals surface area contributed by atoms with E-state index in [1.807, 2.05) is 44.2 Å². The van der Waals surface area contributed by atoms with Crippen LogP contribution < -0.4 is 0 Å². The number of ether oxygens (including phenoxy) is 2. The molecule has 36 heavy (non-hydrogen) atoms. The lowest BCUT2D eigenvalue weighted by molar-refractivity contribution is -0.384. The van der Waals surface area contributed by atoms with Crippen molar-refractivity contribution >= 4 is 23.3 Å². The number of hydrogen-bond acceptors (Lipinski definition) is 7. The first-order valence-corrected chi connectivity index (χ1v) is 11.6. The molecule has 4 atom stereocenters. The van der Waals surface area contributed by atoms with Crippen molar-refractivity contribution in [1.82, 2.24) is 0 Å². The third kappa shape index (κ3) is 5.52. The number of aliphatic imine (C=N–C) groups is 1. The van der Waals surface area contributed by atoms with Gasteiger partial charge in [-0.3, -0.25) is 19.9 Å². The van der Waals surface area contributed by atoms with Crippen LogP contribution in [0.5, 0.6) is 0 Å². The molecular formula is C27H30N2O7. The van der Waals surface area contributed by atoms with Gasteiger partial charge >= 0.3 is 11.9 Å². The van der Waals surface area contributed by atoms with Crippen molar-refractivity contribution < 1.29 is 29.1 Å². The number of esters is 1. The number of carbonyl (C=O) groups excluding carboxylic acids is 1. The maximum atomic E-state index is 13.7. The number of non-ortho nitro benzene ring substituents is 1. The van der Waals surface area contributed by atoms with Crippen molar-refractivity contribution in [2.24, 2.45) is 16.8 Å². The zero-order valence-corrected chi connectivity index (χ0v) is 20.9. The number of nitrogens with zero attached hydrogens (tertiary/aromatic N) is 2. The average molecular weight is 495 g/mol. The predicted molar refractivity (Wildman–Crippen MR) is 134 cm³/mol. The smallest absolute Gasteiger partial charge is 0.336 e. The number of benzene rings is 2. The van der Waals surface area contributed by atoms with Crippen LogP contribution >= 0.6 is 0 Å². The highest BCUT2D eigenvalue weighted by molar-refractivity contribution is 6.06. The molecule has 1 aliphatic heterocycles. The average Bonchev–Trinajstić information content (AvgIpc) is 2.83. The molecule has 0 saturated carbocycles. The molecule has 190 valence electrons. The quantitative estimate of drug-likeness (QED) is 0.292. The summed E-state index contributed by atoms with van der Waals surface area (Å²) in [5.41, 5.74) is 1.61. The van der Waals surface area contributed by atoms with Gasteiger partial charge in [0, 0.05) is 36.6 Å². The molecule has 0 spiro atoms. The van der Waals surface area contributed by atoms with E-state index in [-0.39, 0.29) is 17.2 Å². The van der Waals surface area contributed by atoms with Gasteiger partial charge in [0.15, 0.2) is 0 Å². The van der Waals surface area contributed by atoms with Gasteiger partial charge in [-0.1, -0.05) is 56.3 Å². The Hall–Kier alpha value is -3.85. The lowest BCUT2D eigenvalue weighted by Crippen LogP contribution is -2.38. The van der Waals surface area contributed by atoms with Crippen LogP contribution in [0.3, 0.4) is 0 Å². The maximum Gasteiger partial charge on any atom is 0.336 e. The van der Waals surface area contributed by atoms with Crippen LogP contribution in [0.2, 0.25) is 0 Å². The SMILES string of the molecule is CO[C@H](c1ccccc1)C(OC(=O)C1=C(C)N=C(C)C(C(=O)O)C1c1cccc([N+](=O)[O-])c1)C(C)C. The molecular weight excluding hydrogens is 464 g/mol. The minimum atomic E-state index is -1.19. The van der Waals surface area contributed by atoms with Crippen LogP contribution in [0, 0.1) is 22.0 Å². The standard InChI is InChI=1S/C27H30N2O7/c1-15(2)24(25(35-5)18-10-7-6-8-11-18)36-27(32)22-17(4)28-16(3)21(26(30)31)23(22)19-12-9-13-20(14-19)29(33)34/h6-15,21,23-25H,1-5H3,(H,30,31)/t21?,23?,24?,25-/m1/s1. The Balaban J connectivity index is 2.08. The van der Waals surface area contributed by atoms with Crippen molar-refractivity contribution in [3.05, 3.63) is 87.1 Å². The summed E-state index contributed by atoms with van der Waals surface area (Å²) in [6.07, 6.45) is -1.25. The van der Waals surface area contributed by atoms with Crippen LogP contribution in [0.15, 0.2) is 70.9 Å². The molecule has 0 radical (unpaired) electrons. The third-order valence-electron chi connectivity index (χ3n) is 6.34. The number of nitro benzene ring substituents is 1. The molecule has 3 rings (SSSR count). The summed E-state index contributed by atoms with van der Waals surface area (Å²) in [6, 6.07) is 15.0. The van der Waals surface area contributed by atoms with Crippen molar-refractivity contribution in [3.8, 4) is 0 Å². The van der Waals surface area contributed by atoms with Gasteiger partial charge in [0.05, 0.1) is 10.5 Å². The number of carboxylic acids is 1. The Morgan fingerprint density at radius 2 is 1.75 bits per heavy atom. The highest BCUT2D eigenvalue weighted by Crippen LogP contribution is 2.41. The van der Waals surface area contributed by atoms with Gasteiger partial charge in [0.25, 0.3) is 5.69 Å².